The average Bonchev–Trinajstić information content (AvgIpc) is 2.26. The molecule has 2 N–H and O–H groups in total. The molecular formula is C11H13N3OS. The minimum Gasteiger partial charge on any atom is -0.369 e. The van der Waals surface area contributed by atoms with Crippen LogP contribution in [0.4, 0.5) is 0 Å². The van der Waals surface area contributed by atoms with E-state index in [1.165, 1.54) is 11.8 Å². The van der Waals surface area contributed by atoms with Crippen molar-refractivity contribution in [3.63, 3.8) is 0 Å². The second-order valence-electron chi connectivity index (χ2n) is 3.33. The molecular weight excluding hydrogens is 222 g/mol. The molecule has 1 rings (SSSR count). The highest BCUT2D eigenvalue weighted by atomic mass is 32.2. The first-order chi connectivity index (χ1) is 7.58. The van der Waals surface area contributed by atoms with Crippen LogP contribution in [-0.4, -0.2) is 16.6 Å². The number of nitriles is 1. The van der Waals surface area contributed by atoms with Crippen molar-refractivity contribution in [2.75, 3.05) is 5.75 Å². The lowest BCUT2D eigenvalue weighted by Gasteiger charge is -2.07. The van der Waals surface area contributed by atoms with E-state index in [9.17, 15) is 4.79 Å². The van der Waals surface area contributed by atoms with Crippen LogP contribution in [0.15, 0.2) is 11.1 Å². The van der Waals surface area contributed by atoms with Gasteiger partial charge < -0.3 is 5.73 Å². The lowest BCUT2D eigenvalue weighted by atomic mass is 10.1. The zero-order chi connectivity index (χ0) is 12.1. The highest BCUT2D eigenvalue weighted by molar-refractivity contribution is 7.99. The fraction of sp³-hybridized carbons (Fsp3) is 0.364. The maximum atomic E-state index is 10.7. The van der Waals surface area contributed by atoms with Gasteiger partial charge in [0, 0.05) is 5.69 Å². The molecule has 0 unspecified atom stereocenters. The van der Waals surface area contributed by atoms with Crippen molar-refractivity contribution in [2.45, 2.75) is 25.3 Å². The lowest BCUT2D eigenvalue weighted by molar-refractivity contribution is -0.115. The number of rotatable bonds is 4. The van der Waals surface area contributed by atoms with Crippen LogP contribution >= 0.6 is 11.8 Å². The van der Waals surface area contributed by atoms with Gasteiger partial charge >= 0.3 is 0 Å². The van der Waals surface area contributed by atoms with E-state index in [4.69, 9.17) is 11.0 Å². The summed E-state index contributed by atoms with van der Waals surface area (Å²) in [6.45, 7) is 3.93. The molecule has 16 heavy (non-hydrogen) atoms. The summed E-state index contributed by atoms with van der Waals surface area (Å²) in [7, 11) is 0. The molecule has 0 atom stereocenters. The van der Waals surface area contributed by atoms with E-state index in [2.05, 4.69) is 11.1 Å². The molecule has 1 aromatic rings. The van der Waals surface area contributed by atoms with Crippen LogP contribution in [0.2, 0.25) is 0 Å². The Balaban J connectivity index is 3.06. The Kier molecular flexibility index (Phi) is 4.32. The monoisotopic (exact) mass is 235 g/mol. The summed E-state index contributed by atoms with van der Waals surface area (Å²) in [5, 5.41) is 9.54. The molecule has 0 fully saturated rings. The first-order valence-corrected chi connectivity index (χ1v) is 5.88. The second-order valence-corrected chi connectivity index (χ2v) is 4.29. The minimum atomic E-state index is -0.408. The first-order valence-electron chi connectivity index (χ1n) is 4.90. The normalized spacial score (nSPS) is 9.81. The zero-order valence-corrected chi connectivity index (χ0v) is 10.1. The van der Waals surface area contributed by atoms with Crippen LogP contribution in [0.1, 0.15) is 23.7 Å². The van der Waals surface area contributed by atoms with Crippen LogP contribution in [-0.2, 0) is 11.2 Å². The Bertz CT molecular complexity index is 451. The summed E-state index contributed by atoms with van der Waals surface area (Å²) in [4.78, 5) is 15.1. The summed E-state index contributed by atoms with van der Waals surface area (Å²) < 4.78 is 0. The van der Waals surface area contributed by atoms with Gasteiger partial charge in [-0.05, 0) is 25.0 Å². The largest absolute Gasteiger partial charge is 0.369 e. The van der Waals surface area contributed by atoms with Crippen LogP contribution in [0.3, 0.4) is 0 Å². The predicted octanol–water partition coefficient (Wildman–Crippen LogP) is 1.40. The molecule has 0 bridgehead atoms. The molecule has 0 saturated carbocycles. The summed E-state index contributed by atoms with van der Waals surface area (Å²) >= 11 is 1.21. The molecule has 0 aromatic carbocycles. The third-order valence-electron chi connectivity index (χ3n) is 2.09. The van der Waals surface area contributed by atoms with Gasteiger partial charge in [-0.15, -0.1) is 0 Å². The van der Waals surface area contributed by atoms with Crippen molar-refractivity contribution >= 4 is 17.7 Å². The van der Waals surface area contributed by atoms with Crippen molar-refractivity contribution in [3.05, 3.63) is 22.9 Å². The van der Waals surface area contributed by atoms with Crippen molar-refractivity contribution in [2.24, 2.45) is 5.73 Å². The van der Waals surface area contributed by atoms with Gasteiger partial charge in [0.2, 0.25) is 5.91 Å². The second kappa shape index (κ2) is 5.52. The third-order valence-corrected chi connectivity index (χ3v) is 3.10. The molecule has 1 amide bonds. The molecule has 0 aliphatic heterocycles. The van der Waals surface area contributed by atoms with Gasteiger partial charge in [0.15, 0.2) is 0 Å². The molecule has 0 spiro atoms. The summed E-state index contributed by atoms with van der Waals surface area (Å²) in [6.07, 6.45) is 0.807. The Hall–Kier alpha value is -1.54. The number of hydrogen-bond acceptors (Lipinski definition) is 4. The molecule has 0 aliphatic rings. The van der Waals surface area contributed by atoms with Gasteiger partial charge in [0.05, 0.1) is 11.3 Å². The minimum absolute atomic E-state index is 0.147. The number of aromatic nitrogens is 1. The van der Waals surface area contributed by atoms with E-state index < -0.39 is 5.91 Å². The number of amides is 1. The Morgan fingerprint density at radius 1 is 1.69 bits per heavy atom. The highest BCUT2D eigenvalue weighted by Crippen LogP contribution is 2.22. The number of primary amides is 1. The highest BCUT2D eigenvalue weighted by Gasteiger charge is 2.09. The topological polar surface area (TPSA) is 79.8 Å². The number of nitrogens with two attached hydrogens (primary N) is 1. The van der Waals surface area contributed by atoms with Crippen LogP contribution in [0.5, 0.6) is 0 Å². The standard InChI is InChI=1S/C11H13N3OS/c1-3-9-7(2)4-8(5-12)11(14-9)16-6-10(13)15/h4H,3,6H2,1-2H3,(H2,13,15). The van der Waals surface area contributed by atoms with Crippen LogP contribution in [0.25, 0.3) is 0 Å². The van der Waals surface area contributed by atoms with Crippen molar-refractivity contribution < 1.29 is 4.79 Å². The number of carbonyl (C=O) groups is 1. The zero-order valence-electron chi connectivity index (χ0n) is 9.28. The van der Waals surface area contributed by atoms with E-state index in [0.29, 0.717) is 10.6 Å². The van der Waals surface area contributed by atoms with Crippen LogP contribution < -0.4 is 5.73 Å². The quantitative estimate of drug-likeness (QED) is 0.800. The van der Waals surface area contributed by atoms with E-state index in [1.54, 1.807) is 6.07 Å². The average molecular weight is 235 g/mol. The van der Waals surface area contributed by atoms with E-state index >= 15 is 0 Å². The predicted molar refractivity (Wildman–Crippen MR) is 63.0 cm³/mol. The number of thioether (sulfide) groups is 1. The van der Waals surface area contributed by atoms with Gasteiger partial charge in [0.1, 0.15) is 11.1 Å². The van der Waals surface area contributed by atoms with Crippen molar-refractivity contribution in [1.82, 2.24) is 4.98 Å². The Labute approximate surface area is 98.9 Å². The van der Waals surface area contributed by atoms with Gasteiger partial charge in [-0.1, -0.05) is 18.7 Å². The molecule has 84 valence electrons. The van der Waals surface area contributed by atoms with Crippen LogP contribution in [0, 0.1) is 18.3 Å². The molecule has 4 nitrogen and oxygen atoms in total. The van der Waals surface area contributed by atoms with E-state index in [-0.39, 0.29) is 5.75 Å². The molecule has 0 aliphatic carbocycles. The van der Waals surface area contributed by atoms with Crippen molar-refractivity contribution in [1.29, 1.82) is 5.26 Å². The van der Waals surface area contributed by atoms with E-state index in [0.717, 1.165) is 17.7 Å². The van der Waals surface area contributed by atoms with Crippen molar-refractivity contribution in [3.8, 4) is 6.07 Å². The molecule has 5 heteroatoms. The first kappa shape index (κ1) is 12.5. The lowest BCUT2D eigenvalue weighted by Crippen LogP contribution is -2.13. The maximum Gasteiger partial charge on any atom is 0.227 e. The number of pyridine rings is 1. The number of carbonyl (C=O) groups excluding carboxylic acids is 1. The third kappa shape index (κ3) is 2.97. The van der Waals surface area contributed by atoms with E-state index in [1.807, 2.05) is 13.8 Å². The molecule has 0 saturated heterocycles. The van der Waals surface area contributed by atoms with Gasteiger partial charge in [-0.2, -0.15) is 5.26 Å². The number of nitrogens with zero attached hydrogens (tertiary/aromatic N) is 2. The van der Waals surface area contributed by atoms with Gasteiger partial charge in [-0.25, -0.2) is 4.98 Å². The SMILES string of the molecule is CCc1nc(SCC(N)=O)c(C#N)cc1C. The number of aryl methyl sites for hydroxylation is 2. The maximum absolute atomic E-state index is 10.7. The Morgan fingerprint density at radius 2 is 2.38 bits per heavy atom. The molecule has 0 radical (unpaired) electrons. The van der Waals surface area contributed by atoms with Gasteiger partial charge in [-0.3, -0.25) is 4.79 Å². The summed E-state index contributed by atoms with van der Waals surface area (Å²) in [6, 6.07) is 3.88. The molecule has 1 aromatic heterocycles. The van der Waals surface area contributed by atoms with Gasteiger partial charge in [0.25, 0.3) is 0 Å². The summed E-state index contributed by atoms with van der Waals surface area (Å²) in [5.74, 6) is -0.261. The fourth-order valence-corrected chi connectivity index (χ4v) is 2.03. The fourth-order valence-electron chi connectivity index (χ4n) is 1.32. The Morgan fingerprint density at radius 3 is 2.88 bits per heavy atom. The summed E-state index contributed by atoms with van der Waals surface area (Å²) in [5.41, 5.74) is 7.51. The smallest absolute Gasteiger partial charge is 0.227 e. The number of hydrogen-bond donors (Lipinski definition) is 1. The molecule has 1 heterocycles.